The number of nitrogens with two attached hydrogens (primary N) is 1. The minimum Gasteiger partial charge on any atom is -0.336 e. The average molecular weight is 357 g/mol. The number of nitrogens with zero attached hydrogens (tertiary/aromatic N) is 3. The van der Waals surface area contributed by atoms with E-state index in [4.69, 9.17) is 5.73 Å². The van der Waals surface area contributed by atoms with Gasteiger partial charge in [0.25, 0.3) is 5.91 Å². The topological polar surface area (TPSA) is 64.2 Å². The molecule has 5 heteroatoms. The molecule has 2 aromatic rings. The third-order valence-corrected chi connectivity index (χ3v) is 4.38. The summed E-state index contributed by atoms with van der Waals surface area (Å²) in [4.78, 5) is 14.9. The van der Waals surface area contributed by atoms with Crippen LogP contribution >= 0.6 is 0 Å². The summed E-state index contributed by atoms with van der Waals surface area (Å²) in [7, 11) is 0. The predicted molar refractivity (Wildman–Crippen MR) is 106 cm³/mol. The Morgan fingerprint density at radius 2 is 1.85 bits per heavy atom. The van der Waals surface area contributed by atoms with E-state index in [0.29, 0.717) is 31.2 Å². The van der Waals surface area contributed by atoms with Gasteiger partial charge in [-0.2, -0.15) is 5.10 Å². The lowest BCUT2D eigenvalue weighted by Crippen LogP contribution is -2.37. The van der Waals surface area contributed by atoms with Crippen molar-refractivity contribution in [2.75, 3.05) is 19.6 Å². The molecule has 0 atom stereocenters. The van der Waals surface area contributed by atoms with Crippen molar-refractivity contribution in [1.82, 2.24) is 14.7 Å². The maximum absolute atomic E-state index is 13.1. The lowest BCUT2D eigenvalue weighted by molar-refractivity contribution is 0.0754. The molecule has 2 N–H and O–H groups in total. The molecule has 0 aliphatic rings. The fourth-order valence-electron chi connectivity index (χ4n) is 2.99. The van der Waals surface area contributed by atoms with Crippen LogP contribution in [-0.4, -0.2) is 40.2 Å². The van der Waals surface area contributed by atoms with E-state index in [1.165, 1.54) is 5.56 Å². The summed E-state index contributed by atoms with van der Waals surface area (Å²) in [5, 5.41) is 4.65. The Morgan fingerprint density at radius 3 is 2.35 bits per heavy atom. The number of amides is 1. The number of carbonyl (C=O) groups is 1. The zero-order chi connectivity index (χ0) is 19.3. The van der Waals surface area contributed by atoms with Gasteiger partial charge in [0.1, 0.15) is 0 Å². The first-order chi connectivity index (χ1) is 12.2. The number of aromatic nitrogens is 2. The Balaban J connectivity index is 2.22. The molecule has 1 heterocycles. The SMILES string of the molecule is CC(C)c1cc(C(=O)N(CCN)CCc2ccccc2)nn1C(C)(C)C. The van der Waals surface area contributed by atoms with Crippen molar-refractivity contribution in [2.24, 2.45) is 5.73 Å². The van der Waals surface area contributed by atoms with Gasteiger partial charge >= 0.3 is 0 Å². The van der Waals surface area contributed by atoms with Crippen LogP contribution in [0.1, 0.15) is 62.3 Å². The fraction of sp³-hybridized carbons (Fsp3) is 0.524. The largest absolute Gasteiger partial charge is 0.336 e. The van der Waals surface area contributed by atoms with Crippen LogP contribution in [0, 0.1) is 0 Å². The first-order valence-corrected chi connectivity index (χ1v) is 9.37. The van der Waals surface area contributed by atoms with Gasteiger partial charge in [-0.15, -0.1) is 0 Å². The fourth-order valence-corrected chi connectivity index (χ4v) is 2.99. The van der Waals surface area contributed by atoms with Crippen molar-refractivity contribution in [1.29, 1.82) is 0 Å². The summed E-state index contributed by atoms with van der Waals surface area (Å²) in [6.07, 6.45) is 0.809. The van der Waals surface area contributed by atoms with Crippen molar-refractivity contribution < 1.29 is 4.79 Å². The van der Waals surface area contributed by atoms with Crippen LogP contribution in [0.2, 0.25) is 0 Å². The number of carbonyl (C=O) groups excluding carboxylic acids is 1. The highest BCUT2D eigenvalue weighted by molar-refractivity contribution is 5.92. The van der Waals surface area contributed by atoms with Gasteiger partial charge < -0.3 is 10.6 Å². The van der Waals surface area contributed by atoms with Crippen molar-refractivity contribution in [3.8, 4) is 0 Å². The summed E-state index contributed by atoms with van der Waals surface area (Å²) in [6.45, 7) is 12.2. The second-order valence-electron chi connectivity index (χ2n) is 8.01. The Bertz CT molecular complexity index is 713. The summed E-state index contributed by atoms with van der Waals surface area (Å²) in [5.74, 6) is 0.256. The van der Waals surface area contributed by atoms with Crippen molar-refractivity contribution in [3.05, 3.63) is 53.3 Å². The molecular weight excluding hydrogens is 324 g/mol. The van der Waals surface area contributed by atoms with E-state index in [1.807, 2.05) is 33.8 Å². The minimum atomic E-state index is -0.166. The van der Waals surface area contributed by atoms with Gasteiger partial charge in [-0.05, 0) is 44.7 Å². The highest BCUT2D eigenvalue weighted by atomic mass is 16.2. The monoisotopic (exact) mass is 356 g/mol. The molecule has 1 amide bonds. The standard InChI is InChI=1S/C21H32N4O/c1-16(2)19-15-18(23-25(19)21(3,4)5)20(26)24(14-12-22)13-11-17-9-7-6-8-10-17/h6-10,15-16H,11-14,22H2,1-5H3. The van der Waals surface area contributed by atoms with Crippen LogP contribution in [0.5, 0.6) is 0 Å². The Hall–Kier alpha value is -2.14. The van der Waals surface area contributed by atoms with Crippen LogP contribution in [0.3, 0.4) is 0 Å². The molecular formula is C21H32N4O. The zero-order valence-electron chi connectivity index (χ0n) is 16.7. The molecule has 2 rings (SSSR count). The summed E-state index contributed by atoms with van der Waals surface area (Å²) in [5.41, 5.74) is 8.38. The lowest BCUT2D eigenvalue weighted by Gasteiger charge is -2.24. The number of benzene rings is 1. The van der Waals surface area contributed by atoms with Crippen LogP contribution in [0.15, 0.2) is 36.4 Å². The Morgan fingerprint density at radius 1 is 1.19 bits per heavy atom. The van der Waals surface area contributed by atoms with Crippen molar-refractivity contribution in [2.45, 2.75) is 52.5 Å². The third kappa shape index (κ3) is 4.94. The maximum atomic E-state index is 13.1. The number of hydrogen-bond donors (Lipinski definition) is 1. The Labute approximate surface area is 157 Å². The molecule has 0 spiro atoms. The summed E-state index contributed by atoms with van der Waals surface area (Å²) < 4.78 is 1.97. The first-order valence-electron chi connectivity index (χ1n) is 9.37. The average Bonchev–Trinajstić information content (AvgIpc) is 3.05. The van der Waals surface area contributed by atoms with E-state index in [2.05, 4.69) is 51.9 Å². The highest BCUT2D eigenvalue weighted by Gasteiger charge is 2.25. The van der Waals surface area contributed by atoms with Crippen molar-refractivity contribution in [3.63, 3.8) is 0 Å². The molecule has 0 saturated carbocycles. The molecule has 0 aliphatic carbocycles. The van der Waals surface area contributed by atoms with Gasteiger partial charge in [-0.3, -0.25) is 9.48 Å². The van der Waals surface area contributed by atoms with Crippen LogP contribution in [0.4, 0.5) is 0 Å². The molecule has 0 fully saturated rings. The Kier molecular flexibility index (Phi) is 6.59. The maximum Gasteiger partial charge on any atom is 0.274 e. The molecule has 5 nitrogen and oxygen atoms in total. The van der Waals surface area contributed by atoms with Gasteiger partial charge in [0, 0.05) is 25.3 Å². The van der Waals surface area contributed by atoms with Gasteiger partial charge in [0.15, 0.2) is 5.69 Å². The van der Waals surface area contributed by atoms with E-state index in [1.54, 1.807) is 0 Å². The molecule has 0 radical (unpaired) electrons. The summed E-state index contributed by atoms with van der Waals surface area (Å²) >= 11 is 0. The number of hydrogen-bond acceptors (Lipinski definition) is 3. The molecule has 0 saturated heterocycles. The second kappa shape index (κ2) is 8.49. The van der Waals surface area contributed by atoms with E-state index in [-0.39, 0.29) is 11.4 Å². The molecule has 0 aliphatic heterocycles. The van der Waals surface area contributed by atoms with E-state index in [0.717, 1.165) is 12.1 Å². The highest BCUT2D eigenvalue weighted by Crippen LogP contribution is 2.24. The quantitative estimate of drug-likeness (QED) is 0.827. The molecule has 1 aromatic heterocycles. The smallest absolute Gasteiger partial charge is 0.274 e. The number of rotatable bonds is 7. The predicted octanol–water partition coefficient (Wildman–Crippen LogP) is 3.41. The minimum absolute atomic E-state index is 0.0451. The molecule has 0 unspecified atom stereocenters. The van der Waals surface area contributed by atoms with Gasteiger partial charge in [-0.1, -0.05) is 44.2 Å². The van der Waals surface area contributed by atoms with Gasteiger partial charge in [-0.25, -0.2) is 0 Å². The third-order valence-electron chi connectivity index (χ3n) is 4.38. The van der Waals surface area contributed by atoms with E-state index < -0.39 is 0 Å². The molecule has 1 aromatic carbocycles. The lowest BCUT2D eigenvalue weighted by atomic mass is 10.1. The van der Waals surface area contributed by atoms with E-state index in [9.17, 15) is 4.79 Å². The zero-order valence-corrected chi connectivity index (χ0v) is 16.7. The van der Waals surface area contributed by atoms with Gasteiger partial charge in [0.05, 0.1) is 5.54 Å². The van der Waals surface area contributed by atoms with Crippen molar-refractivity contribution >= 4 is 5.91 Å². The van der Waals surface area contributed by atoms with Crippen LogP contribution in [0.25, 0.3) is 0 Å². The summed E-state index contributed by atoms with van der Waals surface area (Å²) in [6, 6.07) is 12.1. The van der Waals surface area contributed by atoms with Crippen LogP contribution in [-0.2, 0) is 12.0 Å². The van der Waals surface area contributed by atoms with Crippen LogP contribution < -0.4 is 5.73 Å². The molecule has 26 heavy (non-hydrogen) atoms. The molecule has 142 valence electrons. The van der Waals surface area contributed by atoms with E-state index >= 15 is 0 Å². The molecule has 0 bridgehead atoms. The second-order valence-corrected chi connectivity index (χ2v) is 8.01. The normalized spacial score (nSPS) is 11.8. The van der Waals surface area contributed by atoms with Gasteiger partial charge in [0.2, 0.25) is 0 Å². The first kappa shape index (κ1) is 20.2.